The summed E-state index contributed by atoms with van der Waals surface area (Å²) in [6.45, 7) is 0.680. The highest BCUT2D eigenvalue weighted by Crippen LogP contribution is 2.15. The van der Waals surface area contributed by atoms with Gasteiger partial charge in [-0.3, -0.25) is 14.9 Å². The SMILES string of the molecule is CN(C)C(=O)CCSCCNC(=S)Nc1ccc([N+](=O)[O-])cc1. The number of thioether (sulfide) groups is 1. The molecule has 0 atom stereocenters. The van der Waals surface area contributed by atoms with Gasteiger partial charge >= 0.3 is 0 Å². The van der Waals surface area contributed by atoms with Gasteiger partial charge in [0.05, 0.1) is 4.92 Å². The summed E-state index contributed by atoms with van der Waals surface area (Å²) in [4.78, 5) is 23.1. The summed E-state index contributed by atoms with van der Waals surface area (Å²) in [5.74, 6) is 1.74. The Morgan fingerprint density at radius 2 is 1.96 bits per heavy atom. The first-order valence-corrected chi connectivity index (χ1v) is 8.53. The monoisotopic (exact) mass is 356 g/mol. The Kier molecular flexibility index (Phi) is 8.35. The Hall–Kier alpha value is -1.87. The molecule has 1 aromatic carbocycles. The fourth-order valence-electron chi connectivity index (χ4n) is 1.56. The average molecular weight is 356 g/mol. The molecule has 0 spiro atoms. The largest absolute Gasteiger partial charge is 0.362 e. The second-order valence-electron chi connectivity index (χ2n) is 4.84. The van der Waals surface area contributed by atoms with E-state index in [2.05, 4.69) is 10.6 Å². The van der Waals surface area contributed by atoms with E-state index in [9.17, 15) is 14.9 Å². The number of carbonyl (C=O) groups excluding carboxylic acids is 1. The Morgan fingerprint density at radius 3 is 2.52 bits per heavy atom. The summed E-state index contributed by atoms with van der Waals surface area (Å²) in [7, 11) is 3.49. The Balaban J connectivity index is 2.17. The number of thiocarbonyl (C=S) groups is 1. The molecule has 2 N–H and O–H groups in total. The second-order valence-corrected chi connectivity index (χ2v) is 6.47. The number of nitrogens with zero attached hydrogens (tertiary/aromatic N) is 2. The smallest absolute Gasteiger partial charge is 0.269 e. The highest BCUT2D eigenvalue weighted by molar-refractivity contribution is 7.99. The molecular formula is C14H20N4O3S2. The molecule has 0 heterocycles. The third kappa shape index (κ3) is 7.80. The van der Waals surface area contributed by atoms with Crippen molar-refractivity contribution in [2.45, 2.75) is 6.42 Å². The quantitative estimate of drug-likeness (QED) is 0.319. The standard InChI is InChI=1S/C14H20N4O3S2/c1-17(2)13(19)7-9-23-10-8-15-14(22)16-11-3-5-12(6-4-11)18(20)21/h3-6H,7-10H2,1-2H3,(H2,15,16,22). The normalized spacial score (nSPS) is 10.0. The Bertz CT molecular complexity index is 549. The molecule has 0 bridgehead atoms. The van der Waals surface area contributed by atoms with Crippen molar-refractivity contribution in [1.29, 1.82) is 0 Å². The van der Waals surface area contributed by atoms with Crippen LogP contribution in [0.1, 0.15) is 6.42 Å². The maximum atomic E-state index is 11.4. The number of hydrogen-bond acceptors (Lipinski definition) is 5. The van der Waals surface area contributed by atoms with E-state index in [4.69, 9.17) is 12.2 Å². The van der Waals surface area contributed by atoms with E-state index in [-0.39, 0.29) is 11.6 Å². The van der Waals surface area contributed by atoms with Crippen molar-refractivity contribution in [3.63, 3.8) is 0 Å². The molecule has 1 amide bonds. The van der Waals surface area contributed by atoms with Crippen LogP contribution in [-0.2, 0) is 4.79 Å². The zero-order valence-corrected chi connectivity index (χ0v) is 14.7. The van der Waals surface area contributed by atoms with Crippen LogP contribution in [0, 0.1) is 10.1 Å². The lowest BCUT2D eigenvalue weighted by molar-refractivity contribution is -0.384. The van der Waals surface area contributed by atoms with Crippen molar-refractivity contribution in [2.75, 3.05) is 37.5 Å². The summed E-state index contributed by atoms with van der Waals surface area (Å²) >= 11 is 6.83. The van der Waals surface area contributed by atoms with Gasteiger partial charge in [-0.25, -0.2) is 0 Å². The van der Waals surface area contributed by atoms with Gasteiger partial charge in [0, 0.05) is 56.4 Å². The predicted molar refractivity (Wildman–Crippen MR) is 98.0 cm³/mol. The van der Waals surface area contributed by atoms with Gasteiger partial charge in [-0.15, -0.1) is 0 Å². The highest BCUT2D eigenvalue weighted by Gasteiger charge is 2.05. The molecule has 0 aliphatic rings. The number of carbonyl (C=O) groups is 1. The third-order valence-electron chi connectivity index (χ3n) is 2.83. The van der Waals surface area contributed by atoms with Gasteiger partial charge in [0.1, 0.15) is 0 Å². The van der Waals surface area contributed by atoms with Crippen LogP contribution in [0.15, 0.2) is 24.3 Å². The molecule has 7 nitrogen and oxygen atoms in total. The summed E-state index contributed by atoms with van der Waals surface area (Å²) < 4.78 is 0. The minimum atomic E-state index is -0.446. The summed E-state index contributed by atoms with van der Waals surface area (Å²) in [5, 5.41) is 17.0. The predicted octanol–water partition coefficient (Wildman–Crippen LogP) is 2.09. The number of anilines is 1. The lowest BCUT2D eigenvalue weighted by Gasteiger charge is -2.11. The molecule has 1 rings (SSSR count). The summed E-state index contributed by atoms with van der Waals surface area (Å²) in [6, 6.07) is 6.05. The number of hydrogen-bond donors (Lipinski definition) is 2. The molecule has 0 saturated heterocycles. The van der Waals surface area contributed by atoms with E-state index >= 15 is 0 Å². The lowest BCUT2D eigenvalue weighted by Crippen LogP contribution is -2.30. The van der Waals surface area contributed by atoms with E-state index in [1.165, 1.54) is 12.1 Å². The van der Waals surface area contributed by atoms with Gasteiger partial charge in [0.25, 0.3) is 5.69 Å². The van der Waals surface area contributed by atoms with Crippen molar-refractivity contribution in [2.24, 2.45) is 0 Å². The Labute approximate surface area is 145 Å². The highest BCUT2D eigenvalue weighted by atomic mass is 32.2. The van der Waals surface area contributed by atoms with Gasteiger partial charge < -0.3 is 15.5 Å². The number of nitro groups is 1. The number of non-ortho nitro benzene ring substituents is 1. The van der Waals surface area contributed by atoms with Crippen LogP contribution >= 0.6 is 24.0 Å². The van der Waals surface area contributed by atoms with E-state index in [1.54, 1.807) is 42.9 Å². The van der Waals surface area contributed by atoms with Crippen LogP contribution in [0.3, 0.4) is 0 Å². The number of amides is 1. The molecule has 1 aromatic rings. The van der Waals surface area contributed by atoms with E-state index in [1.807, 2.05) is 0 Å². The van der Waals surface area contributed by atoms with Crippen LogP contribution < -0.4 is 10.6 Å². The summed E-state index contributed by atoms with van der Waals surface area (Å²) in [6.07, 6.45) is 0.531. The topological polar surface area (TPSA) is 87.5 Å². The van der Waals surface area contributed by atoms with Gasteiger partial charge in [-0.2, -0.15) is 11.8 Å². The minimum absolute atomic E-state index is 0.0399. The molecule has 23 heavy (non-hydrogen) atoms. The van der Waals surface area contributed by atoms with Crippen molar-refractivity contribution >= 4 is 46.4 Å². The van der Waals surface area contributed by atoms with Crippen molar-refractivity contribution in [3.8, 4) is 0 Å². The average Bonchev–Trinajstić information content (AvgIpc) is 2.50. The molecule has 126 valence electrons. The first-order valence-electron chi connectivity index (χ1n) is 6.97. The maximum absolute atomic E-state index is 11.4. The molecule has 0 saturated carbocycles. The van der Waals surface area contributed by atoms with Crippen LogP contribution in [-0.4, -0.2) is 53.0 Å². The van der Waals surface area contributed by atoms with E-state index in [0.29, 0.717) is 23.8 Å². The number of nitrogens with one attached hydrogen (secondary N) is 2. The van der Waals surface area contributed by atoms with Crippen molar-refractivity contribution in [1.82, 2.24) is 10.2 Å². The lowest BCUT2D eigenvalue weighted by atomic mass is 10.3. The fourth-order valence-corrected chi connectivity index (χ4v) is 2.55. The fraction of sp³-hybridized carbons (Fsp3) is 0.429. The number of rotatable bonds is 8. The van der Waals surface area contributed by atoms with Crippen LogP contribution in [0.25, 0.3) is 0 Å². The zero-order chi connectivity index (χ0) is 17.2. The first-order chi connectivity index (χ1) is 10.9. The first kappa shape index (κ1) is 19.2. The molecule has 0 aliphatic heterocycles. The summed E-state index contributed by atoms with van der Waals surface area (Å²) in [5.41, 5.74) is 0.732. The van der Waals surface area contributed by atoms with Crippen molar-refractivity contribution in [3.05, 3.63) is 34.4 Å². The molecule has 9 heteroatoms. The molecule has 0 aromatic heterocycles. The van der Waals surface area contributed by atoms with Crippen LogP contribution in [0.4, 0.5) is 11.4 Å². The molecule has 0 unspecified atom stereocenters. The molecule has 0 fully saturated rings. The Morgan fingerprint density at radius 1 is 1.30 bits per heavy atom. The van der Waals surface area contributed by atoms with Crippen molar-refractivity contribution < 1.29 is 9.72 Å². The van der Waals surface area contributed by atoms with Crippen LogP contribution in [0.2, 0.25) is 0 Å². The zero-order valence-electron chi connectivity index (χ0n) is 13.1. The maximum Gasteiger partial charge on any atom is 0.269 e. The van der Waals surface area contributed by atoms with E-state index in [0.717, 1.165) is 11.5 Å². The second kappa shape index (κ2) is 10.0. The number of benzene rings is 1. The van der Waals surface area contributed by atoms with Crippen LogP contribution in [0.5, 0.6) is 0 Å². The molecule has 0 radical (unpaired) electrons. The minimum Gasteiger partial charge on any atom is -0.362 e. The van der Waals surface area contributed by atoms with Gasteiger partial charge in [0.15, 0.2) is 5.11 Å². The van der Waals surface area contributed by atoms with Gasteiger partial charge in [-0.1, -0.05) is 0 Å². The third-order valence-corrected chi connectivity index (χ3v) is 4.06. The molecule has 0 aliphatic carbocycles. The molecular weight excluding hydrogens is 336 g/mol. The van der Waals surface area contributed by atoms with E-state index < -0.39 is 4.92 Å². The van der Waals surface area contributed by atoms with Gasteiger partial charge in [0.2, 0.25) is 5.91 Å². The number of nitro benzene ring substituents is 1. The van der Waals surface area contributed by atoms with Gasteiger partial charge in [-0.05, 0) is 24.4 Å².